The molecule has 0 radical (unpaired) electrons. The van der Waals surface area contributed by atoms with Gasteiger partial charge in [-0.3, -0.25) is 0 Å². The van der Waals surface area contributed by atoms with E-state index in [0.29, 0.717) is 0 Å². The molecule has 1 rings (SSSR count). The van der Waals surface area contributed by atoms with Gasteiger partial charge in [0.2, 0.25) is 0 Å². The maximum absolute atomic E-state index is 13.5. The number of hydrogen-bond acceptors (Lipinski definition) is 3. The van der Waals surface area contributed by atoms with E-state index in [9.17, 15) is 19.0 Å². The molecule has 1 aromatic carbocycles. The Balaban J connectivity index is 2.79. The molecular weight excluding hydrogens is 252 g/mol. The minimum atomic E-state index is -1.32. The van der Waals surface area contributed by atoms with Crippen molar-refractivity contribution in [3.63, 3.8) is 0 Å². The Morgan fingerprint density at radius 3 is 2.05 bits per heavy atom. The van der Waals surface area contributed by atoms with E-state index < -0.39 is 28.9 Å². The number of nitrogens with one attached hydrogen (secondary N) is 1. The van der Waals surface area contributed by atoms with Gasteiger partial charge in [-0.05, 0) is 39.8 Å². The number of β-amino-alcohol motifs (C(OH)–C–C–N with tert-alkyl or cyclic N) is 1. The number of aliphatic hydroxyl groups is 2. The van der Waals surface area contributed by atoms with Gasteiger partial charge in [-0.1, -0.05) is 6.07 Å². The molecule has 3 N–H and O–H groups in total. The summed E-state index contributed by atoms with van der Waals surface area (Å²) in [6.07, 6.45) is -1.32. The van der Waals surface area contributed by atoms with Gasteiger partial charge in [0, 0.05) is 12.1 Å². The van der Waals surface area contributed by atoms with Crippen LogP contribution in [0.3, 0.4) is 0 Å². The van der Waals surface area contributed by atoms with E-state index in [1.165, 1.54) is 6.07 Å². The molecule has 5 heteroatoms. The highest BCUT2D eigenvalue weighted by atomic mass is 19.1. The van der Waals surface area contributed by atoms with Crippen LogP contribution in [-0.4, -0.2) is 27.9 Å². The van der Waals surface area contributed by atoms with Crippen LogP contribution in [0.2, 0.25) is 0 Å². The molecule has 3 nitrogen and oxygen atoms in total. The lowest BCUT2D eigenvalue weighted by atomic mass is 9.86. The van der Waals surface area contributed by atoms with Crippen molar-refractivity contribution < 1.29 is 19.0 Å². The van der Waals surface area contributed by atoms with Gasteiger partial charge in [0.25, 0.3) is 0 Å². The number of hydrogen-bond donors (Lipinski definition) is 3. The summed E-state index contributed by atoms with van der Waals surface area (Å²) >= 11 is 0. The lowest BCUT2D eigenvalue weighted by molar-refractivity contribution is -0.0101. The summed E-state index contributed by atoms with van der Waals surface area (Å²) < 4.78 is 27.0. The van der Waals surface area contributed by atoms with Crippen molar-refractivity contribution in [2.24, 2.45) is 0 Å². The molecule has 1 unspecified atom stereocenters. The summed E-state index contributed by atoms with van der Waals surface area (Å²) in [5.74, 6) is -1.56. The topological polar surface area (TPSA) is 52.5 Å². The van der Waals surface area contributed by atoms with Crippen LogP contribution in [0, 0.1) is 11.6 Å². The van der Waals surface area contributed by atoms with Gasteiger partial charge in [-0.2, -0.15) is 0 Å². The Morgan fingerprint density at radius 2 is 1.63 bits per heavy atom. The Labute approximate surface area is 112 Å². The highest BCUT2D eigenvalue weighted by Gasteiger charge is 2.35. The molecule has 1 atom stereocenters. The van der Waals surface area contributed by atoms with Crippen molar-refractivity contribution in [3.8, 4) is 0 Å². The number of aliphatic hydroxyl groups excluding tert-OH is 1. The second-order valence-corrected chi connectivity index (χ2v) is 5.72. The SMILES string of the molecule is CC(C)(O)C(C)(C)NCC(O)c1c(F)cccc1F. The fourth-order valence-corrected chi connectivity index (χ4v) is 1.50. The molecule has 0 saturated carbocycles. The smallest absolute Gasteiger partial charge is 0.131 e. The van der Waals surface area contributed by atoms with E-state index in [1.807, 2.05) is 0 Å². The van der Waals surface area contributed by atoms with Crippen LogP contribution in [0.4, 0.5) is 8.78 Å². The van der Waals surface area contributed by atoms with Crippen molar-refractivity contribution in [2.45, 2.75) is 44.9 Å². The Kier molecular flexibility index (Phi) is 4.66. The van der Waals surface area contributed by atoms with E-state index in [2.05, 4.69) is 5.32 Å². The van der Waals surface area contributed by atoms with Gasteiger partial charge in [-0.25, -0.2) is 8.78 Å². The minimum Gasteiger partial charge on any atom is -0.389 e. The molecule has 0 heterocycles. The van der Waals surface area contributed by atoms with Gasteiger partial charge in [0.05, 0.1) is 17.3 Å². The number of halogens is 2. The highest BCUT2D eigenvalue weighted by Crippen LogP contribution is 2.24. The third kappa shape index (κ3) is 3.72. The van der Waals surface area contributed by atoms with Crippen molar-refractivity contribution in [1.29, 1.82) is 0 Å². The second kappa shape index (κ2) is 5.53. The van der Waals surface area contributed by atoms with Crippen LogP contribution in [0.5, 0.6) is 0 Å². The fourth-order valence-electron chi connectivity index (χ4n) is 1.50. The Hall–Kier alpha value is -1.04. The molecule has 0 bridgehead atoms. The van der Waals surface area contributed by atoms with E-state index in [4.69, 9.17) is 0 Å². The minimum absolute atomic E-state index is 0.0607. The van der Waals surface area contributed by atoms with Crippen LogP contribution in [0.25, 0.3) is 0 Å². The van der Waals surface area contributed by atoms with Crippen molar-refractivity contribution >= 4 is 0 Å². The van der Waals surface area contributed by atoms with Gasteiger partial charge in [-0.15, -0.1) is 0 Å². The summed E-state index contributed by atoms with van der Waals surface area (Å²) in [6, 6.07) is 3.45. The second-order valence-electron chi connectivity index (χ2n) is 5.72. The van der Waals surface area contributed by atoms with Crippen molar-refractivity contribution in [2.75, 3.05) is 6.54 Å². The van der Waals surface area contributed by atoms with Crippen LogP contribution >= 0.6 is 0 Å². The van der Waals surface area contributed by atoms with Gasteiger partial charge < -0.3 is 15.5 Å². The molecule has 0 aliphatic carbocycles. The maximum atomic E-state index is 13.5. The first-order valence-corrected chi connectivity index (χ1v) is 6.15. The molecule has 0 amide bonds. The predicted molar refractivity (Wildman–Crippen MR) is 69.7 cm³/mol. The first-order chi connectivity index (χ1) is 8.56. The largest absolute Gasteiger partial charge is 0.389 e. The predicted octanol–water partition coefficient (Wildman–Crippen LogP) is 2.14. The first-order valence-electron chi connectivity index (χ1n) is 6.15. The quantitative estimate of drug-likeness (QED) is 0.770. The van der Waals surface area contributed by atoms with Gasteiger partial charge in [0.1, 0.15) is 11.6 Å². The molecule has 108 valence electrons. The average molecular weight is 273 g/mol. The van der Waals surface area contributed by atoms with Crippen LogP contribution in [-0.2, 0) is 0 Å². The average Bonchev–Trinajstić information content (AvgIpc) is 2.24. The molecule has 0 fully saturated rings. The van der Waals surface area contributed by atoms with Crippen LogP contribution in [0.1, 0.15) is 39.4 Å². The van der Waals surface area contributed by atoms with Crippen LogP contribution < -0.4 is 5.32 Å². The number of rotatable bonds is 5. The summed E-state index contributed by atoms with van der Waals surface area (Å²) in [5.41, 5.74) is -2.11. The molecule has 19 heavy (non-hydrogen) atoms. The third-order valence-corrected chi connectivity index (χ3v) is 3.60. The zero-order chi connectivity index (χ0) is 14.8. The zero-order valence-corrected chi connectivity index (χ0v) is 11.7. The standard InChI is InChI=1S/C14H21F2NO2/c1-13(2,14(3,4)19)17-8-11(18)12-9(15)6-5-7-10(12)16/h5-7,11,17-19H,8H2,1-4H3. The normalized spacial score (nSPS) is 14.5. The Morgan fingerprint density at radius 1 is 1.16 bits per heavy atom. The summed E-state index contributed by atoms with van der Waals surface area (Å²) in [4.78, 5) is 0. The van der Waals surface area contributed by atoms with E-state index in [0.717, 1.165) is 12.1 Å². The van der Waals surface area contributed by atoms with E-state index >= 15 is 0 Å². The molecule has 0 aliphatic rings. The molecule has 0 spiro atoms. The molecule has 0 aromatic heterocycles. The summed E-state index contributed by atoms with van der Waals surface area (Å²) in [5, 5.41) is 22.8. The summed E-state index contributed by atoms with van der Waals surface area (Å²) in [6.45, 7) is 6.68. The third-order valence-electron chi connectivity index (χ3n) is 3.60. The van der Waals surface area contributed by atoms with Gasteiger partial charge >= 0.3 is 0 Å². The fraction of sp³-hybridized carbons (Fsp3) is 0.571. The Bertz CT molecular complexity index is 421. The van der Waals surface area contributed by atoms with Crippen LogP contribution in [0.15, 0.2) is 18.2 Å². The highest BCUT2D eigenvalue weighted by molar-refractivity contribution is 5.22. The maximum Gasteiger partial charge on any atom is 0.131 e. The molecular formula is C14H21F2NO2. The summed E-state index contributed by atoms with van der Waals surface area (Å²) in [7, 11) is 0. The lowest BCUT2D eigenvalue weighted by Gasteiger charge is -2.38. The molecule has 1 aromatic rings. The van der Waals surface area contributed by atoms with Crippen molar-refractivity contribution in [3.05, 3.63) is 35.4 Å². The van der Waals surface area contributed by atoms with E-state index in [1.54, 1.807) is 27.7 Å². The van der Waals surface area contributed by atoms with Crippen molar-refractivity contribution in [1.82, 2.24) is 5.32 Å². The zero-order valence-electron chi connectivity index (χ0n) is 11.7. The molecule has 0 saturated heterocycles. The monoisotopic (exact) mass is 273 g/mol. The van der Waals surface area contributed by atoms with Gasteiger partial charge in [0.15, 0.2) is 0 Å². The van der Waals surface area contributed by atoms with E-state index in [-0.39, 0.29) is 12.1 Å². The number of benzene rings is 1. The lowest BCUT2D eigenvalue weighted by Crippen LogP contribution is -2.56. The molecule has 0 aliphatic heterocycles. The first kappa shape index (κ1) is 16.0.